The highest BCUT2D eigenvalue weighted by molar-refractivity contribution is 5.50. The maximum absolute atomic E-state index is 5.21. The maximum atomic E-state index is 5.21. The standard InChI is InChI=1S/C10H14N3O/c1-14-9-7-11-8-12-10(9)13-5-3-2-4-6-13/h7H,2-6H2,1H3. The zero-order valence-electron chi connectivity index (χ0n) is 8.36. The lowest BCUT2D eigenvalue weighted by Gasteiger charge is -2.28. The first-order chi connectivity index (χ1) is 6.92. The molecule has 1 radical (unpaired) electrons. The zero-order chi connectivity index (χ0) is 9.80. The van der Waals surface area contributed by atoms with Crippen molar-refractivity contribution in [1.29, 1.82) is 0 Å². The van der Waals surface area contributed by atoms with Gasteiger partial charge in [-0.25, -0.2) is 9.97 Å². The number of nitrogens with zero attached hydrogens (tertiary/aromatic N) is 3. The van der Waals surface area contributed by atoms with Crippen LogP contribution in [-0.2, 0) is 0 Å². The molecule has 1 aliphatic heterocycles. The van der Waals surface area contributed by atoms with Crippen LogP contribution in [0.15, 0.2) is 6.20 Å². The second-order valence-electron chi connectivity index (χ2n) is 3.41. The molecule has 0 amide bonds. The van der Waals surface area contributed by atoms with E-state index in [-0.39, 0.29) is 0 Å². The largest absolute Gasteiger partial charge is 0.491 e. The van der Waals surface area contributed by atoms with Gasteiger partial charge in [0.25, 0.3) is 0 Å². The van der Waals surface area contributed by atoms with E-state index in [1.54, 1.807) is 13.3 Å². The molecule has 75 valence electrons. The van der Waals surface area contributed by atoms with E-state index in [2.05, 4.69) is 21.2 Å². The Balaban J connectivity index is 2.20. The van der Waals surface area contributed by atoms with Crippen molar-refractivity contribution in [1.82, 2.24) is 9.97 Å². The molecule has 1 fully saturated rings. The van der Waals surface area contributed by atoms with E-state index in [0.29, 0.717) is 0 Å². The summed E-state index contributed by atoms with van der Waals surface area (Å²) in [6.45, 7) is 2.11. The van der Waals surface area contributed by atoms with Crippen LogP contribution in [0.2, 0.25) is 0 Å². The van der Waals surface area contributed by atoms with Crippen molar-refractivity contribution >= 4 is 5.82 Å². The topological polar surface area (TPSA) is 38.3 Å². The summed E-state index contributed by atoms with van der Waals surface area (Å²) in [5.74, 6) is 1.62. The lowest BCUT2D eigenvalue weighted by atomic mass is 10.1. The van der Waals surface area contributed by atoms with E-state index in [1.807, 2.05) is 0 Å². The lowest BCUT2D eigenvalue weighted by molar-refractivity contribution is 0.408. The first kappa shape index (κ1) is 9.24. The molecule has 14 heavy (non-hydrogen) atoms. The van der Waals surface area contributed by atoms with Gasteiger partial charge < -0.3 is 9.64 Å². The third-order valence-electron chi connectivity index (χ3n) is 2.49. The van der Waals surface area contributed by atoms with Gasteiger partial charge in [0.1, 0.15) is 0 Å². The molecule has 4 heteroatoms. The molecule has 1 aliphatic rings. The van der Waals surface area contributed by atoms with Crippen molar-refractivity contribution in [2.24, 2.45) is 0 Å². The fraction of sp³-hybridized carbons (Fsp3) is 0.600. The van der Waals surface area contributed by atoms with Crippen LogP contribution in [-0.4, -0.2) is 30.2 Å². The summed E-state index contributed by atoms with van der Waals surface area (Å²) < 4.78 is 5.21. The smallest absolute Gasteiger partial charge is 0.200 e. The molecular formula is C10H14N3O. The van der Waals surface area contributed by atoms with Crippen LogP contribution < -0.4 is 9.64 Å². The Hall–Kier alpha value is -1.32. The van der Waals surface area contributed by atoms with Crippen LogP contribution >= 0.6 is 0 Å². The molecule has 0 aromatic carbocycles. The number of hydrogen-bond donors (Lipinski definition) is 0. The second-order valence-corrected chi connectivity index (χ2v) is 3.41. The lowest BCUT2D eigenvalue weighted by Crippen LogP contribution is -2.30. The fourth-order valence-corrected chi connectivity index (χ4v) is 1.75. The van der Waals surface area contributed by atoms with Gasteiger partial charge in [0.05, 0.1) is 13.3 Å². The Bertz CT molecular complexity index is 297. The second kappa shape index (κ2) is 4.26. The Morgan fingerprint density at radius 1 is 1.36 bits per heavy atom. The van der Waals surface area contributed by atoms with E-state index in [9.17, 15) is 0 Å². The molecule has 0 N–H and O–H groups in total. The monoisotopic (exact) mass is 192 g/mol. The minimum atomic E-state index is 0.741. The third kappa shape index (κ3) is 1.78. The van der Waals surface area contributed by atoms with E-state index < -0.39 is 0 Å². The van der Waals surface area contributed by atoms with Crippen LogP contribution in [0.25, 0.3) is 0 Å². The number of ether oxygens (including phenoxy) is 1. The van der Waals surface area contributed by atoms with Crippen LogP contribution in [0.5, 0.6) is 5.75 Å². The Labute approximate surface area is 83.9 Å². The minimum Gasteiger partial charge on any atom is -0.491 e. The SMILES string of the molecule is COc1cn[c]nc1N1CCCCC1. The van der Waals surface area contributed by atoms with E-state index in [0.717, 1.165) is 24.7 Å². The summed E-state index contributed by atoms with van der Waals surface area (Å²) in [5.41, 5.74) is 0. The predicted octanol–water partition coefficient (Wildman–Crippen LogP) is 1.28. The maximum Gasteiger partial charge on any atom is 0.200 e. The van der Waals surface area contributed by atoms with Crippen LogP contribution in [0, 0.1) is 6.33 Å². The van der Waals surface area contributed by atoms with Gasteiger partial charge in [-0.2, -0.15) is 0 Å². The molecule has 0 bridgehead atoms. The molecule has 0 aliphatic carbocycles. The summed E-state index contributed by atoms with van der Waals surface area (Å²) in [5, 5.41) is 0. The molecule has 4 nitrogen and oxygen atoms in total. The van der Waals surface area contributed by atoms with Crippen molar-refractivity contribution in [2.75, 3.05) is 25.1 Å². The van der Waals surface area contributed by atoms with Gasteiger partial charge >= 0.3 is 0 Å². The molecule has 1 aromatic rings. The van der Waals surface area contributed by atoms with E-state index in [4.69, 9.17) is 4.74 Å². The molecule has 0 spiro atoms. The Kier molecular flexibility index (Phi) is 2.81. The molecule has 0 saturated carbocycles. The summed E-state index contributed by atoms with van der Waals surface area (Å²) in [6.07, 6.45) is 8.05. The quantitative estimate of drug-likeness (QED) is 0.707. The minimum absolute atomic E-state index is 0.741. The van der Waals surface area contributed by atoms with Gasteiger partial charge in [0.2, 0.25) is 0 Å². The number of anilines is 1. The van der Waals surface area contributed by atoms with Crippen molar-refractivity contribution in [2.45, 2.75) is 19.3 Å². The van der Waals surface area contributed by atoms with Gasteiger partial charge in [0.15, 0.2) is 17.9 Å². The first-order valence-corrected chi connectivity index (χ1v) is 4.94. The van der Waals surface area contributed by atoms with Crippen LogP contribution in [0.4, 0.5) is 5.82 Å². The van der Waals surface area contributed by atoms with Gasteiger partial charge in [-0.05, 0) is 19.3 Å². The number of piperidine rings is 1. The van der Waals surface area contributed by atoms with Crippen molar-refractivity contribution in [3.8, 4) is 5.75 Å². The summed E-state index contributed by atoms with van der Waals surface area (Å²) in [6, 6.07) is 0. The number of aromatic nitrogens is 2. The Morgan fingerprint density at radius 3 is 2.86 bits per heavy atom. The number of rotatable bonds is 2. The van der Waals surface area contributed by atoms with E-state index in [1.165, 1.54) is 19.3 Å². The summed E-state index contributed by atoms with van der Waals surface area (Å²) >= 11 is 0. The van der Waals surface area contributed by atoms with Gasteiger partial charge in [0, 0.05) is 13.1 Å². The number of hydrogen-bond acceptors (Lipinski definition) is 4. The predicted molar refractivity (Wildman–Crippen MR) is 53.5 cm³/mol. The molecule has 0 unspecified atom stereocenters. The van der Waals surface area contributed by atoms with Gasteiger partial charge in [-0.1, -0.05) is 0 Å². The zero-order valence-corrected chi connectivity index (χ0v) is 8.36. The molecule has 2 heterocycles. The van der Waals surface area contributed by atoms with E-state index >= 15 is 0 Å². The number of methoxy groups -OCH3 is 1. The molecule has 1 saturated heterocycles. The van der Waals surface area contributed by atoms with Crippen LogP contribution in [0.3, 0.4) is 0 Å². The Morgan fingerprint density at radius 2 is 2.14 bits per heavy atom. The van der Waals surface area contributed by atoms with Crippen molar-refractivity contribution < 1.29 is 4.74 Å². The van der Waals surface area contributed by atoms with Gasteiger partial charge in [-0.15, -0.1) is 0 Å². The molecule has 1 aromatic heterocycles. The fourth-order valence-electron chi connectivity index (χ4n) is 1.75. The molecule has 2 rings (SSSR count). The van der Waals surface area contributed by atoms with Crippen molar-refractivity contribution in [3.63, 3.8) is 0 Å². The van der Waals surface area contributed by atoms with Crippen LogP contribution in [0.1, 0.15) is 19.3 Å². The summed E-state index contributed by atoms with van der Waals surface area (Å²) in [4.78, 5) is 10.2. The third-order valence-corrected chi connectivity index (χ3v) is 2.49. The first-order valence-electron chi connectivity index (χ1n) is 4.94. The average molecular weight is 192 g/mol. The highest BCUT2D eigenvalue weighted by Crippen LogP contribution is 2.26. The summed E-state index contributed by atoms with van der Waals surface area (Å²) in [7, 11) is 1.64. The molecule has 0 atom stereocenters. The average Bonchev–Trinajstić information content (AvgIpc) is 2.30. The van der Waals surface area contributed by atoms with Gasteiger partial charge in [-0.3, -0.25) is 0 Å². The van der Waals surface area contributed by atoms with Crippen molar-refractivity contribution in [3.05, 3.63) is 12.5 Å². The normalized spacial score (nSPS) is 16.8. The highest BCUT2D eigenvalue weighted by Gasteiger charge is 2.15. The molecular weight excluding hydrogens is 178 g/mol. The highest BCUT2D eigenvalue weighted by atomic mass is 16.5.